The number of aliphatic hydroxyl groups is 1. The van der Waals surface area contributed by atoms with Crippen LogP contribution in [-0.2, 0) is 9.53 Å². The minimum absolute atomic E-state index is 0.0292. The van der Waals surface area contributed by atoms with Crippen molar-refractivity contribution in [3.63, 3.8) is 0 Å². The van der Waals surface area contributed by atoms with Crippen molar-refractivity contribution < 1.29 is 24.5 Å². The standard InChI is InChI=1S/C13H16O5/c1-13(6-17-7-13)8-18-10-4-2-3-9(5-10)11(14)12(15)16/h2-5,11,14H,6-8H2,1H3,(H,15,16). The monoisotopic (exact) mass is 252 g/mol. The van der Waals surface area contributed by atoms with Crippen molar-refractivity contribution in [2.24, 2.45) is 5.41 Å². The molecule has 5 heteroatoms. The summed E-state index contributed by atoms with van der Waals surface area (Å²) in [5.41, 5.74) is 0.344. The lowest BCUT2D eigenvalue weighted by Crippen LogP contribution is -2.44. The number of aliphatic carboxylic acids is 1. The van der Waals surface area contributed by atoms with Gasteiger partial charge >= 0.3 is 5.97 Å². The zero-order chi connectivity index (χ0) is 13.2. The van der Waals surface area contributed by atoms with E-state index in [0.29, 0.717) is 31.1 Å². The Balaban J connectivity index is 2.00. The lowest BCUT2D eigenvalue weighted by atomic mass is 9.90. The van der Waals surface area contributed by atoms with Crippen LogP contribution in [0.15, 0.2) is 24.3 Å². The van der Waals surface area contributed by atoms with Crippen molar-refractivity contribution in [2.45, 2.75) is 13.0 Å². The molecule has 0 spiro atoms. The molecule has 1 aromatic rings. The van der Waals surface area contributed by atoms with Crippen LogP contribution in [0.2, 0.25) is 0 Å². The fourth-order valence-electron chi connectivity index (χ4n) is 1.71. The molecule has 1 saturated heterocycles. The van der Waals surface area contributed by atoms with Crippen LogP contribution in [-0.4, -0.2) is 36.0 Å². The summed E-state index contributed by atoms with van der Waals surface area (Å²) in [6, 6.07) is 6.50. The molecule has 2 N–H and O–H groups in total. The molecule has 1 atom stereocenters. The highest BCUT2D eigenvalue weighted by Gasteiger charge is 2.34. The van der Waals surface area contributed by atoms with Gasteiger partial charge in [-0.05, 0) is 17.7 Å². The summed E-state index contributed by atoms with van der Waals surface area (Å²) in [5, 5.41) is 18.2. The largest absolute Gasteiger partial charge is 0.493 e. The topological polar surface area (TPSA) is 76.0 Å². The van der Waals surface area contributed by atoms with Crippen molar-refractivity contribution in [1.29, 1.82) is 0 Å². The van der Waals surface area contributed by atoms with Crippen molar-refractivity contribution in [3.05, 3.63) is 29.8 Å². The normalized spacial score (nSPS) is 18.8. The quantitative estimate of drug-likeness (QED) is 0.824. The van der Waals surface area contributed by atoms with Gasteiger partial charge in [-0.15, -0.1) is 0 Å². The number of ether oxygens (including phenoxy) is 2. The Hall–Kier alpha value is -1.59. The third kappa shape index (κ3) is 2.80. The van der Waals surface area contributed by atoms with Gasteiger partial charge in [0.25, 0.3) is 0 Å². The Morgan fingerprint density at radius 1 is 1.56 bits per heavy atom. The maximum Gasteiger partial charge on any atom is 0.337 e. The molecule has 0 aliphatic carbocycles. The number of carbonyl (C=O) groups is 1. The molecule has 0 amide bonds. The first-order valence-corrected chi connectivity index (χ1v) is 5.72. The maximum atomic E-state index is 10.7. The Morgan fingerprint density at radius 2 is 2.28 bits per heavy atom. The van der Waals surface area contributed by atoms with Gasteiger partial charge in [0.2, 0.25) is 0 Å². The highest BCUT2D eigenvalue weighted by atomic mass is 16.5. The van der Waals surface area contributed by atoms with Crippen molar-refractivity contribution in [2.75, 3.05) is 19.8 Å². The molecule has 1 aliphatic heterocycles. The summed E-state index contributed by atoms with van der Waals surface area (Å²) >= 11 is 0. The van der Waals surface area contributed by atoms with Gasteiger partial charge in [-0.3, -0.25) is 0 Å². The fraction of sp³-hybridized carbons (Fsp3) is 0.462. The van der Waals surface area contributed by atoms with Crippen molar-refractivity contribution >= 4 is 5.97 Å². The van der Waals surface area contributed by atoms with Crippen LogP contribution in [0.1, 0.15) is 18.6 Å². The predicted octanol–water partition coefficient (Wildman–Crippen LogP) is 1.22. The molecular weight excluding hydrogens is 236 g/mol. The Labute approximate surface area is 105 Å². The van der Waals surface area contributed by atoms with E-state index >= 15 is 0 Å². The van der Waals surface area contributed by atoms with Crippen molar-refractivity contribution in [3.8, 4) is 5.75 Å². The number of carboxylic acid groups (broad SMARTS) is 1. The summed E-state index contributed by atoms with van der Waals surface area (Å²) in [6.07, 6.45) is -1.52. The van der Waals surface area contributed by atoms with Crippen LogP contribution in [0, 0.1) is 5.41 Å². The SMILES string of the molecule is CC1(COc2cccc(C(O)C(=O)O)c2)COC1. The van der Waals surface area contributed by atoms with Crippen molar-refractivity contribution in [1.82, 2.24) is 0 Å². The average molecular weight is 252 g/mol. The summed E-state index contributed by atoms with van der Waals surface area (Å²) in [7, 11) is 0. The molecule has 1 heterocycles. The molecule has 0 saturated carbocycles. The van der Waals surface area contributed by atoms with E-state index in [2.05, 4.69) is 6.92 Å². The third-order valence-corrected chi connectivity index (χ3v) is 2.90. The summed E-state index contributed by atoms with van der Waals surface area (Å²) in [5.74, 6) is -0.715. The summed E-state index contributed by atoms with van der Waals surface area (Å²) in [4.78, 5) is 10.7. The Bertz CT molecular complexity index is 439. The van der Waals surface area contributed by atoms with Crippen LogP contribution in [0.25, 0.3) is 0 Å². The number of hydrogen-bond acceptors (Lipinski definition) is 4. The number of aliphatic hydroxyl groups excluding tert-OH is 1. The minimum Gasteiger partial charge on any atom is -0.493 e. The average Bonchev–Trinajstić information content (AvgIpc) is 2.33. The lowest BCUT2D eigenvalue weighted by Gasteiger charge is -2.37. The Morgan fingerprint density at radius 3 is 2.83 bits per heavy atom. The molecule has 1 aromatic carbocycles. The molecule has 5 nitrogen and oxygen atoms in total. The van der Waals surface area contributed by atoms with E-state index in [1.807, 2.05) is 0 Å². The van der Waals surface area contributed by atoms with Gasteiger partial charge in [-0.1, -0.05) is 19.1 Å². The van der Waals surface area contributed by atoms with E-state index in [9.17, 15) is 9.90 Å². The second kappa shape index (κ2) is 4.96. The molecule has 0 bridgehead atoms. The second-order valence-corrected chi connectivity index (χ2v) is 4.91. The van der Waals surface area contributed by atoms with Gasteiger partial charge in [0.1, 0.15) is 5.75 Å². The van der Waals surface area contributed by atoms with Gasteiger partial charge in [0.05, 0.1) is 19.8 Å². The molecule has 0 aromatic heterocycles. The van der Waals surface area contributed by atoms with Crippen LogP contribution in [0.4, 0.5) is 0 Å². The summed E-state index contributed by atoms with van der Waals surface area (Å²) in [6.45, 7) is 3.92. The zero-order valence-corrected chi connectivity index (χ0v) is 10.1. The molecule has 0 radical (unpaired) electrons. The predicted molar refractivity (Wildman–Crippen MR) is 63.5 cm³/mol. The molecule has 2 rings (SSSR count). The second-order valence-electron chi connectivity index (χ2n) is 4.91. The first kappa shape index (κ1) is 12.9. The van der Waals surface area contributed by atoms with Gasteiger partial charge < -0.3 is 19.7 Å². The molecule has 1 aliphatic rings. The third-order valence-electron chi connectivity index (χ3n) is 2.90. The smallest absolute Gasteiger partial charge is 0.337 e. The molecule has 18 heavy (non-hydrogen) atoms. The number of hydrogen-bond donors (Lipinski definition) is 2. The van der Waals surface area contributed by atoms with E-state index in [1.54, 1.807) is 24.3 Å². The maximum absolute atomic E-state index is 10.7. The molecule has 98 valence electrons. The molecule has 1 unspecified atom stereocenters. The van der Waals surface area contributed by atoms with Crippen LogP contribution >= 0.6 is 0 Å². The zero-order valence-electron chi connectivity index (χ0n) is 10.1. The van der Waals surface area contributed by atoms with Crippen LogP contribution in [0.5, 0.6) is 5.75 Å². The van der Waals surface area contributed by atoms with E-state index in [4.69, 9.17) is 14.6 Å². The van der Waals surface area contributed by atoms with Gasteiger partial charge in [-0.2, -0.15) is 0 Å². The van der Waals surface area contributed by atoms with E-state index in [-0.39, 0.29) is 5.41 Å². The molecular formula is C13H16O5. The van der Waals surface area contributed by atoms with E-state index < -0.39 is 12.1 Å². The highest BCUT2D eigenvalue weighted by Crippen LogP contribution is 2.28. The minimum atomic E-state index is -1.52. The first-order valence-electron chi connectivity index (χ1n) is 5.72. The number of benzene rings is 1. The molecule has 1 fully saturated rings. The first-order chi connectivity index (χ1) is 8.50. The summed E-state index contributed by atoms with van der Waals surface area (Å²) < 4.78 is 10.7. The van der Waals surface area contributed by atoms with Gasteiger partial charge in [-0.25, -0.2) is 4.79 Å². The fourth-order valence-corrected chi connectivity index (χ4v) is 1.71. The Kier molecular flexibility index (Phi) is 3.54. The number of carboxylic acids is 1. The highest BCUT2D eigenvalue weighted by molar-refractivity contribution is 5.74. The lowest BCUT2D eigenvalue weighted by molar-refractivity contribution is -0.146. The van der Waals surface area contributed by atoms with E-state index in [1.165, 1.54) is 0 Å². The van der Waals surface area contributed by atoms with E-state index in [0.717, 1.165) is 0 Å². The van der Waals surface area contributed by atoms with Crippen LogP contribution < -0.4 is 4.74 Å². The van der Waals surface area contributed by atoms with Gasteiger partial charge in [0.15, 0.2) is 6.10 Å². The van der Waals surface area contributed by atoms with Gasteiger partial charge in [0, 0.05) is 5.41 Å². The number of rotatable bonds is 5. The van der Waals surface area contributed by atoms with Crippen LogP contribution in [0.3, 0.4) is 0 Å².